The summed E-state index contributed by atoms with van der Waals surface area (Å²) in [6.07, 6.45) is 4.81. The van der Waals surface area contributed by atoms with Crippen LogP contribution in [-0.4, -0.2) is 18.1 Å². The number of primary amides is 1. The molecule has 0 saturated carbocycles. The van der Waals surface area contributed by atoms with E-state index in [1.54, 1.807) is 17.8 Å². The Bertz CT molecular complexity index is 798. The maximum Gasteiger partial charge on any atom is 0.256 e. The van der Waals surface area contributed by atoms with E-state index in [0.29, 0.717) is 22.0 Å². The van der Waals surface area contributed by atoms with Crippen LogP contribution >= 0.6 is 23.1 Å². The van der Waals surface area contributed by atoms with E-state index in [0.717, 1.165) is 29.7 Å². The van der Waals surface area contributed by atoms with E-state index >= 15 is 0 Å². The van der Waals surface area contributed by atoms with Crippen LogP contribution in [0.2, 0.25) is 0 Å². The second kappa shape index (κ2) is 6.99. The summed E-state index contributed by atoms with van der Waals surface area (Å²) in [7, 11) is 0. The minimum absolute atomic E-state index is 0.208. The maximum absolute atomic E-state index is 12.6. The van der Waals surface area contributed by atoms with Crippen LogP contribution in [-0.2, 0) is 12.8 Å². The smallest absolute Gasteiger partial charge is 0.256 e. The number of amides is 2. The summed E-state index contributed by atoms with van der Waals surface area (Å²) in [6, 6.07) is 7.44. The highest BCUT2D eigenvalue weighted by Crippen LogP contribution is 2.39. The molecule has 1 heterocycles. The number of rotatable bonds is 4. The third kappa shape index (κ3) is 3.35. The molecule has 0 unspecified atom stereocenters. The Morgan fingerprint density at radius 3 is 2.88 bits per heavy atom. The van der Waals surface area contributed by atoms with E-state index in [4.69, 9.17) is 5.73 Å². The molecule has 0 bridgehead atoms. The van der Waals surface area contributed by atoms with E-state index in [9.17, 15) is 9.59 Å². The van der Waals surface area contributed by atoms with Gasteiger partial charge in [0.25, 0.3) is 11.8 Å². The lowest BCUT2D eigenvalue weighted by molar-refractivity contribution is 0.1000. The number of hydrogen-bond acceptors (Lipinski definition) is 4. The van der Waals surface area contributed by atoms with Gasteiger partial charge >= 0.3 is 0 Å². The third-order valence-electron chi connectivity index (χ3n) is 4.32. The average Bonchev–Trinajstić information content (AvgIpc) is 2.91. The number of benzene rings is 1. The lowest BCUT2D eigenvalue weighted by Crippen LogP contribution is -2.19. The number of carbonyl (C=O) groups is 2. The first-order valence-electron chi connectivity index (χ1n) is 7.89. The third-order valence-corrected chi connectivity index (χ3v) is 6.21. The fourth-order valence-corrected chi connectivity index (χ4v) is 4.91. The van der Waals surface area contributed by atoms with Crippen LogP contribution in [0.15, 0.2) is 29.2 Å². The van der Waals surface area contributed by atoms with Crippen molar-refractivity contribution in [3.8, 4) is 0 Å². The van der Waals surface area contributed by atoms with Crippen molar-refractivity contribution in [2.24, 2.45) is 11.7 Å². The quantitative estimate of drug-likeness (QED) is 0.811. The Balaban J connectivity index is 1.92. The van der Waals surface area contributed by atoms with Crippen molar-refractivity contribution in [1.82, 2.24) is 0 Å². The van der Waals surface area contributed by atoms with Crippen LogP contribution in [0.3, 0.4) is 0 Å². The Hall–Kier alpha value is -1.79. The van der Waals surface area contributed by atoms with Gasteiger partial charge in [-0.2, -0.15) is 0 Å². The van der Waals surface area contributed by atoms with Gasteiger partial charge in [-0.15, -0.1) is 23.1 Å². The average molecular weight is 361 g/mol. The van der Waals surface area contributed by atoms with Crippen molar-refractivity contribution in [1.29, 1.82) is 0 Å². The largest absolute Gasteiger partial charge is 0.365 e. The fourth-order valence-electron chi connectivity index (χ4n) is 3.04. The molecule has 1 aliphatic carbocycles. The second-order valence-corrected chi connectivity index (χ2v) is 8.09. The van der Waals surface area contributed by atoms with Gasteiger partial charge in [-0.05, 0) is 55.2 Å². The van der Waals surface area contributed by atoms with Gasteiger partial charge in [-0.1, -0.05) is 13.0 Å². The summed E-state index contributed by atoms with van der Waals surface area (Å²) in [6.45, 7) is 2.21. The molecule has 126 valence electrons. The molecule has 1 atom stereocenters. The molecule has 1 aromatic carbocycles. The lowest BCUT2D eigenvalue weighted by Gasteiger charge is -2.18. The zero-order valence-corrected chi connectivity index (χ0v) is 15.4. The summed E-state index contributed by atoms with van der Waals surface area (Å²) < 4.78 is 0. The predicted molar refractivity (Wildman–Crippen MR) is 100 cm³/mol. The van der Waals surface area contributed by atoms with Crippen molar-refractivity contribution < 1.29 is 9.59 Å². The van der Waals surface area contributed by atoms with Gasteiger partial charge in [0.05, 0.1) is 5.56 Å². The number of nitrogens with two attached hydrogens (primary N) is 1. The summed E-state index contributed by atoms with van der Waals surface area (Å²) in [5.41, 5.74) is 7.69. The summed E-state index contributed by atoms with van der Waals surface area (Å²) in [5, 5.41) is 3.49. The molecule has 2 aromatic rings. The second-order valence-electron chi connectivity index (χ2n) is 6.11. The van der Waals surface area contributed by atoms with Crippen LogP contribution in [0.5, 0.6) is 0 Å². The van der Waals surface area contributed by atoms with Gasteiger partial charge in [-0.3, -0.25) is 9.59 Å². The SMILES string of the molecule is CSc1cccc(C(=O)Nc2sc3c(c2C(N)=O)CC[C@@H](C)C3)c1. The van der Waals surface area contributed by atoms with Crippen LogP contribution in [0.4, 0.5) is 5.00 Å². The molecule has 0 saturated heterocycles. The Labute approximate surface area is 149 Å². The molecule has 24 heavy (non-hydrogen) atoms. The number of nitrogens with one attached hydrogen (secondary N) is 1. The first-order chi connectivity index (χ1) is 11.5. The summed E-state index contributed by atoms with van der Waals surface area (Å²) >= 11 is 3.07. The highest BCUT2D eigenvalue weighted by Gasteiger charge is 2.27. The van der Waals surface area contributed by atoms with E-state index in [-0.39, 0.29) is 5.91 Å². The number of anilines is 1. The van der Waals surface area contributed by atoms with Crippen LogP contribution in [0.1, 0.15) is 44.5 Å². The number of thioether (sulfide) groups is 1. The monoisotopic (exact) mass is 360 g/mol. The molecule has 3 N–H and O–H groups in total. The van der Waals surface area contributed by atoms with E-state index in [1.807, 2.05) is 24.5 Å². The molecule has 6 heteroatoms. The highest BCUT2D eigenvalue weighted by molar-refractivity contribution is 7.98. The first kappa shape index (κ1) is 17.0. The highest BCUT2D eigenvalue weighted by atomic mass is 32.2. The molecule has 2 amide bonds. The van der Waals surface area contributed by atoms with Crippen molar-refractivity contribution in [3.05, 3.63) is 45.8 Å². The van der Waals surface area contributed by atoms with Crippen molar-refractivity contribution in [2.45, 2.75) is 31.1 Å². The van der Waals surface area contributed by atoms with Gasteiger partial charge in [0.2, 0.25) is 0 Å². The lowest BCUT2D eigenvalue weighted by atomic mass is 9.88. The normalized spacial score (nSPS) is 16.5. The van der Waals surface area contributed by atoms with Crippen molar-refractivity contribution in [3.63, 3.8) is 0 Å². The number of fused-ring (bicyclic) bond motifs is 1. The molecule has 0 radical (unpaired) electrons. The Morgan fingerprint density at radius 2 is 2.17 bits per heavy atom. The van der Waals surface area contributed by atoms with Gasteiger partial charge in [0.15, 0.2) is 0 Å². The molecule has 0 aliphatic heterocycles. The van der Waals surface area contributed by atoms with Gasteiger partial charge in [0.1, 0.15) is 5.00 Å². The zero-order chi connectivity index (χ0) is 17.3. The van der Waals surface area contributed by atoms with Crippen LogP contribution < -0.4 is 11.1 Å². The number of thiophene rings is 1. The van der Waals surface area contributed by atoms with Crippen LogP contribution in [0.25, 0.3) is 0 Å². The van der Waals surface area contributed by atoms with Gasteiger partial charge in [0, 0.05) is 15.3 Å². The Kier molecular flexibility index (Phi) is 4.96. The van der Waals surface area contributed by atoms with Crippen molar-refractivity contribution in [2.75, 3.05) is 11.6 Å². The molecule has 1 aliphatic rings. The molecule has 4 nitrogen and oxygen atoms in total. The minimum Gasteiger partial charge on any atom is -0.365 e. The molecule has 0 spiro atoms. The molecular formula is C18H20N2O2S2. The van der Waals surface area contributed by atoms with E-state index in [1.165, 1.54) is 16.2 Å². The minimum atomic E-state index is -0.463. The molecular weight excluding hydrogens is 340 g/mol. The van der Waals surface area contributed by atoms with Gasteiger partial charge < -0.3 is 11.1 Å². The van der Waals surface area contributed by atoms with Crippen molar-refractivity contribution >= 4 is 39.9 Å². The van der Waals surface area contributed by atoms with Crippen LogP contribution in [0, 0.1) is 5.92 Å². The van der Waals surface area contributed by atoms with E-state index < -0.39 is 5.91 Å². The molecule has 1 aromatic heterocycles. The van der Waals surface area contributed by atoms with Gasteiger partial charge in [-0.25, -0.2) is 0 Å². The standard InChI is InChI=1S/C18H20N2O2S2/c1-10-6-7-13-14(8-10)24-18(15(13)16(19)21)20-17(22)11-4-3-5-12(9-11)23-2/h3-5,9-10H,6-8H2,1-2H3,(H2,19,21)(H,20,22)/t10-/m1/s1. The fraction of sp³-hybridized carbons (Fsp3) is 0.333. The first-order valence-corrected chi connectivity index (χ1v) is 9.93. The predicted octanol–water partition coefficient (Wildman–Crippen LogP) is 3.95. The molecule has 3 rings (SSSR count). The summed E-state index contributed by atoms with van der Waals surface area (Å²) in [5.74, 6) is -0.0750. The topological polar surface area (TPSA) is 72.2 Å². The summed E-state index contributed by atoms with van der Waals surface area (Å²) in [4.78, 5) is 26.7. The molecule has 0 fully saturated rings. The van der Waals surface area contributed by atoms with E-state index in [2.05, 4.69) is 12.2 Å². The maximum atomic E-state index is 12.6. The Morgan fingerprint density at radius 1 is 1.38 bits per heavy atom. The number of carbonyl (C=O) groups excluding carboxylic acids is 2. The number of hydrogen-bond donors (Lipinski definition) is 2. The zero-order valence-electron chi connectivity index (χ0n) is 13.7.